The molecule has 2 aromatic rings. The number of aromatic amines is 1. The highest BCUT2D eigenvalue weighted by Crippen LogP contribution is 2.25. The van der Waals surface area contributed by atoms with Crippen LogP contribution in [-0.4, -0.2) is 72.0 Å². The molecule has 1 atom stereocenters. The molecule has 0 spiro atoms. The van der Waals surface area contributed by atoms with Gasteiger partial charge in [-0.1, -0.05) is 13.0 Å². The summed E-state index contributed by atoms with van der Waals surface area (Å²) < 4.78 is 0. The van der Waals surface area contributed by atoms with Crippen molar-refractivity contribution >= 4 is 11.6 Å². The molecule has 0 aliphatic carbocycles. The smallest absolute Gasteiger partial charge is 0.271 e. The van der Waals surface area contributed by atoms with E-state index in [1.165, 1.54) is 0 Å². The first-order valence-electron chi connectivity index (χ1n) is 11.5. The minimum Gasteiger partial charge on any atom is -0.363 e. The van der Waals surface area contributed by atoms with Gasteiger partial charge in [-0.05, 0) is 64.0 Å². The van der Waals surface area contributed by atoms with Gasteiger partial charge in [-0.25, -0.2) is 0 Å². The molecule has 1 N–H and O–H groups in total. The largest absolute Gasteiger partial charge is 0.363 e. The average molecular weight is 438 g/mol. The number of amides is 1. The number of nitrogens with one attached hydrogen (secondary N) is 1. The summed E-state index contributed by atoms with van der Waals surface area (Å²) in [5, 5.41) is 0. The van der Waals surface area contributed by atoms with E-state index in [-0.39, 0.29) is 17.5 Å². The monoisotopic (exact) mass is 437 g/mol. The van der Waals surface area contributed by atoms with E-state index >= 15 is 0 Å². The fourth-order valence-electron chi connectivity index (χ4n) is 4.21. The van der Waals surface area contributed by atoms with Crippen LogP contribution in [0.5, 0.6) is 0 Å². The van der Waals surface area contributed by atoms with Gasteiger partial charge in [0.1, 0.15) is 5.69 Å². The SMILES string of the molecule is CCc1cc(-c2c[nH]c(=O)c(N(CC)[C@H]3CCCN(C(=O)/C=C/CN(C)C)C3)c2)ccn1. The van der Waals surface area contributed by atoms with Crippen molar-refractivity contribution in [1.82, 2.24) is 19.8 Å². The second-order valence-corrected chi connectivity index (χ2v) is 8.52. The van der Waals surface area contributed by atoms with Crippen LogP contribution in [-0.2, 0) is 11.2 Å². The molecular weight excluding hydrogens is 402 g/mol. The van der Waals surface area contributed by atoms with Crippen molar-refractivity contribution in [3.8, 4) is 11.1 Å². The Morgan fingerprint density at radius 2 is 2.09 bits per heavy atom. The molecule has 1 saturated heterocycles. The van der Waals surface area contributed by atoms with Gasteiger partial charge in [0.05, 0.1) is 0 Å². The fraction of sp³-hybridized carbons (Fsp3) is 0.480. The highest BCUT2D eigenvalue weighted by Gasteiger charge is 2.28. The number of carbonyl (C=O) groups is 1. The molecule has 0 aromatic carbocycles. The predicted octanol–water partition coefficient (Wildman–Crippen LogP) is 2.93. The lowest BCUT2D eigenvalue weighted by Gasteiger charge is -2.39. The zero-order valence-corrected chi connectivity index (χ0v) is 19.7. The molecule has 0 bridgehead atoms. The standard InChI is InChI=1S/C25H35N5O2/c1-5-21-15-19(11-12-26-21)20-16-23(25(32)27-17-20)30(6-2)22-9-7-14-29(18-22)24(31)10-8-13-28(3)4/h8,10-12,15-17,22H,5-7,9,13-14,18H2,1-4H3,(H,27,32)/b10-8+/t22-/m0/s1. The van der Waals surface area contributed by atoms with E-state index < -0.39 is 0 Å². The molecule has 0 unspecified atom stereocenters. The van der Waals surface area contributed by atoms with E-state index in [0.29, 0.717) is 18.8 Å². The number of nitrogens with zero attached hydrogens (tertiary/aromatic N) is 4. The molecule has 3 heterocycles. The Morgan fingerprint density at radius 1 is 1.28 bits per heavy atom. The maximum absolute atomic E-state index is 12.8. The Labute approximate surface area is 190 Å². The molecule has 1 aliphatic heterocycles. The summed E-state index contributed by atoms with van der Waals surface area (Å²) >= 11 is 0. The topological polar surface area (TPSA) is 72.5 Å². The summed E-state index contributed by atoms with van der Waals surface area (Å²) in [6.07, 6.45) is 9.89. The van der Waals surface area contributed by atoms with E-state index in [4.69, 9.17) is 0 Å². The lowest BCUT2D eigenvalue weighted by molar-refractivity contribution is -0.127. The molecule has 2 aromatic heterocycles. The van der Waals surface area contributed by atoms with Crippen molar-refractivity contribution < 1.29 is 4.79 Å². The van der Waals surface area contributed by atoms with Crippen LogP contribution in [0.25, 0.3) is 11.1 Å². The van der Waals surface area contributed by atoms with Crippen molar-refractivity contribution in [1.29, 1.82) is 0 Å². The molecule has 3 rings (SSSR count). The number of carbonyl (C=O) groups excluding carboxylic acids is 1. The van der Waals surface area contributed by atoms with Gasteiger partial charge in [0, 0.05) is 61.9 Å². The van der Waals surface area contributed by atoms with Crippen LogP contribution in [0.4, 0.5) is 5.69 Å². The number of aryl methyl sites for hydroxylation is 1. The van der Waals surface area contributed by atoms with Crippen LogP contribution in [0.1, 0.15) is 32.4 Å². The minimum absolute atomic E-state index is 0.0409. The molecule has 1 fully saturated rings. The van der Waals surface area contributed by atoms with E-state index in [2.05, 4.69) is 34.8 Å². The molecule has 1 aliphatic rings. The maximum Gasteiger partial charge on any atom is 0.271 e. The third kappa shape index (κ3) is 5.85. The number of piperidine rings is 1. The van der Waals surface area contributed by atoms with Crippen LogP contribution < -0.4 is 10.5 Å². The number of pyridine rings is 2. The van der Waals surface area contributed by atoms with Crippen molar-refractivity contribution in [3.63, 3.8) is 0 Å². The summed E-state index contributed by atoms with van der Waals surface area (Å²) in [4.78, 5) is 38.8. The summed E-state index contributed by atoms with van der Waals surface area (Å²) in [7, 11) is 3.96. The van der Waals surface area contributed by atoms with E-state index in [9.17, 15) is 9.59 Å². The summed E-state index contributed by atoms with van der Waals surface area (Å²) in [5.74, 6) is 0.0409. The van der Waals surface area contributed by atoms with Crippen molar-refractivity contribution in [2.75, 3.05) is 45.2 Å². The van der Waals surface area contributed by atoms with E-state index in [0.717, 1.165) is 49.2 Å². The van der Waals surface area contributed by atoms with Gasteiger partial charge < -0.3 is 19.7 Å². The molecule has 7 nitrogen and oxygen atoms in total. The number of likely N-dealkylation sites (tertiary alicyclic amines) is 1. The van der Waals surface area contributed by atoms with Gasteiger partial charge in [-0.3, -0.25) is 14.6 Å². The Kier molecular flexibility index (Phi) is 8.22. The highest BCUT2D eigenvalue weighted by molar-refractivity contribution is 5.87. The van der Waals surface area contributed by atoms with Gasteiger partial charge in [0.15, 0.2) is 0 Å². The van der Waals surface area contributed by atoms with Crippen LogP contribution in [0.3, 0.4) is 0 Å². The molecule has 0 radical (unpaired) electrons. The van der Waals surface area contributed by atoms with Crippen molar-refractivity contribution in [3.05, 3.63) is 58.8 Å². The Morgan fingerprint density at radius 3 is 2.81 bits per heavy atom. The van der Waals surface area contributed by atoms with Gasteiger partial charge >= 0.3 is 0 Å². The fourth-order valence-corrected chi connectivity index (χ4v) is 4.21. The number of anilines is 1. The van der Waals surface area contributed by atoms with Crippen molar-refractivity contribution in [2.24, 2.45) is 0 Å². The predicted molar refractivity (Wildman–Crippen MR) is 130 cm³/mol. The second kappa shape index (κ2) is 11.1. The number of likely N-dealkylation sites (N-methyl/N-ethyl adjacent to an activating group) is 2. The molecule has 32 heavy (non-hydrogen) atoms. The van der Waals surface area contributed by atoms with E-state index in [1.807, 2.05) is 48.3 Å². The van der Waals surface area contributed by atoms with Gasteiger partial charge in [-0.15, -0.1) is 0 Å². The molecule has 172 valence electrons. The average Bonchev–Trinajstić information content (AvgIpc) is 2.80. The number of hydrogen-bond acceptors (Lipinski definition) is 5. The lowest BCUT2D eigenvalue weighted by atomic mass is 10.0. The second-order valence-electron chi connectivity index (χ2n) is 8.52. The molecule has 0 saturated carbocycles. The summed E-state index contributed by atoms with van der Waals surface area (Å²) in [6.45, 7) is 6.96. The first kappa shape index (κ1) is 23.7. The number of rotatable bonds is 8. The zero-order chi connectivity index (χ0) is 23.1. The normalized spacial score (nSPS) is 16.7. The third-order valence-electron chi connectivity index (χ3n) is 5.93. The molecule has 1 amide bonds. The Hall–Kier alpha value is -2.93. The van der Waals surface area contributed by atoms with Gasteiger partial charge in [-0.2, -0.15) is 0 Å². The first-order chi connectivity index (χ1) is 15.4. The third-order valence-corrected chi connectivity index (χ3v) is 5.93. The highest BCUT2D eigenvalue weighted by atomic mass is 16.2. The van der Waals surface area contributed by atoms with Gasteiger partial charge in [0.25, 0.3) is 5.56 Å². The Balaban J connectivity index is 1.82. The van der Waals surface area contributed by atoms with E-state index in [1.54, 1.807) is 12.3 Å². The zero-order valence-electron chi connectivity index (χ0n) is 19.7. The summed E-state index contributed by atoms with van der Waals surface area (Å²) in [6, 6.07) is 6.11. The minimum atomic E-state index is -0.102. The van der Waals surface area contributed by atoms with Crippen molar-refractivity contribution in [2.45, 2.75) is 39.2 Å². The lowest BCUT2D eigenvalue weighted by Crippen LogP contribution is -2.50. The Bertz CT molecular complexity index is 998. The first-order valence-corrected chi connectivity index (χ1v) is 11.5. The van der Waals surface area contributed by atoms with Gasteiger partial charge in [0.2, 0.25) is 5.91 Å². The number of hydrogen-bond donors (Lipinski definition) is 1. The number of H-pyrrole nitrogens is 1. The van der Waals surface area contributed by atoms with Crippen LogP contribution in [0.2, 0.25) is 0 Å². The molecule has 7 heteroatoms. The quantitative estimate of drug-likeness (QED) is 0.643. The van der Waals surface area contributed by atoms with Crippen LogP contribution in [0.15, 0.2) is 47.5 Å². The van der Waals surface area contributed by atoms with Crippen LogP contribution >= 0.6 is 0 Å². The van der Waals surface area contributed by atoms with Crippen LogP contribution in [0, 0.1) is 0 Å². The maximum atomic E-state index is 12.8. The molecular formula is C25H35N5O2. The number of aromatic nitrogens is 2. The summed E-state index contributed by atoms with van der Waals surface area (Å²) in [5.41, 5.74) is 3.57.